The van der Waals surface area contributed by atoms with Crippen LogP contribution in [0.3, 0.4) is 0 Å². The number of rotatable bonds is 27. The summed E-state index contributed by atoms with van der Waals surface area (Å²) in [7, 11) is 0. The predicted octanol–water partition coefficient (Wildman–Crippen LogP) is 16.8. The van der Waals surface area contributed by atoms with Crippen molar-refractivity contribution in [3.05, 3.63) is 300 Å². The Hall–Kier alpha value is -9.14. The van der Waals surface area contributed by atoms with Crippen molar-refractivity contribution in [2.75, 3.05) is 13.2 Å². The fourth-order valence-electron chi connectivity index (χ4n) is 10.1. The standard InChI is InChI=1S/C72H68N2O6/c1-71(59-25-33-63(34-26-59)77-51-55-17-7-3-8-18-55,60-27-35-64(36-28-60)78-52-56-19-9-4-10-20-56)43-15-47-75-67-41-45-73-69(49-67)70-50-68(42-46-74-70)76-48-16-44-72(2,61-29-37-65(38-30-61)79-53-57-21-11-5-12-22-57)62-31-39-66(40-32-62)80-54-58-23-13-6-14-24-58/h3-14,17-42,45-46,49-50H,15-16,43-44,47-48,51-54H2,1-2H3. The lowest BCUT2D eigenvalue weighted by molar-refractivity contribution is 0.291. The van der Waals surface area contributed by atoms with Crippen molar-refractivity contribution in [3.63, 3.8) is 0 Å². The van der Waals surface area contributed by atoms with Crippen LogP contribution in [0, 0.1) is 0 Å². The van der Waals surface area contributed by atoms with E-state index in [1.807, 2.05) is 97.1 Å². The molecular formula is C72H68N2O6. The van der Waals surface area contributed by atoms with E-state index in [9.17, 15) is 0 Å². The molecule has 0 aliphatic heterocycles. The zero-order chi connectivity index (χ0) is 54.7. The lowest BCUT2D eigenvalue weighted by Crippen LogP contribution is -2.24. The fraction of sp³-hybridized carbons (Fsp3) is 0.194. The molecule has 8 heteroatoms. The molecule has 0 saturated carbocycles. The van der Waals surface area contributed by atoms with Crippen LogP contribution >= 0.6 is 0 Å². The highest BCUT2D eigenvalue weighted by Gasteiger charge is 2.30. The van der Waals surface area contributed by atoms with Gasteiger partial charge in [-0.2, -0.15) is 0 Å². The van der Waals surface area contributed by atoms with Gasteiger partial charge in [0.05, 0.1) is 24.6 Å². The first-order valence-electron chi connectivity index (χ1n) is 27.6. The molecule has 0 amide bonds. The molecule has 10 rings (SSSR count). The van der Waals surface area contributed by atoms with Crippen molar-refractivity contribution < 1.29 is 28.4 Å². The summed E-state index contributed by atoms with van der Waals surface area (Å²) < 4.78 is 37.6. The molecule has 0 aliphatic rings. The molecule has 10 aromatic rings. The van der Waals surface area contributed by atoms with Crippen molar-refractivity contribution in [1.82, 2.24) is 9.97 Å². The lowest BCUT2D eigenvalue weighted by Gasteiger charge is -2.31. The lowest BCUT2D eigenvalue weighted by atomic mass is 9.73. The number of benzene rings is 8. The molecule has 0 unspecified atom stereocenters. The van der Waals surface area contributed by atoms with E-state index in [2.05, 4.69) is 159 Å². The zero-order valence-electron chi connectivity index (χ0n) is 45.7. The molecule has 0 radical (unpaired) electrons. The van der Waals surface area contributed by atoms with Gasteiger partial charge in [-0.05, 0) is 131 Å². The molecule has 0 aliphatic carbocycles. The normalized spacial score (nSPS) is 11.4. The van der Waals surface area contributed by atoms with Crippen LogP contribution in [0.15, 0.2) is 255 Å². The van der Waals surface area contributed by atoms with E-state index in [1.54, 1.807) is 12.4 Å². The van der Waals surface area contributed by atoms with E-state index in [0.29, 0.717) is 51.0 Å². The quantitative estimate of drug-likeness (QED) is 0.0471. The smallest absolute Gasteiger partial charge is 0.123 e. The van der Waals surface area contributed by atoms with Crippen LogP contribution in [0.2, 0.25) is 0 Å². The Bertz CT molecular complexity index is 3030. The van der Waals surface area contributed by atoms with Crippen LogP contribution in [0.4, 0.5) is 0 Å². The Balaban J connectivity index is 0.766. The van der Waals surface area contributed by atoms with Gasteiger partial charge in [0.2, 0.25) is 0 Å². The van der Waals surface area contributed by atoms with Gasteiger partial charge >= 0.3 is 0 Å². The SMILES string of the molecule is CC(CCCOc1ccnc(-c2cc(OCCCC(C)(c3ccc(OCc4ccccc4)cc3)c3ccc(OCc4ccccc4)cc3)ccn2)c1)(c1ccc(OCc2ccccc2)cc1)c1ccc(OCc2ccccc2)cc1. The molecule has 2 aromatic heterocycles. The first-order valence-corrected chi connectivity index (χ1v) is 27.6. The maximum absolute atomic E-state index is 6.46. The minimum atomic E-state index is -0.320. The van der Waals surface area contributed by atoms with Gasteiger partial charge in [0.25, 0.3) is 0 Å². The molecule has 0 saturated heterocycles. The first-order chi connectivity index (χ1) is 39.3. The third-order valence-corrected chi connectivity index (χ3v) is 14.9. The summed E-state index contributed by atoms with van der Waals surface area (Å²) >= 11 is 0. The Labute approximate surface area is 471 Å². The van der Waals surface area contributed by atoms with Crippen molar-refractivity contribution in [2.24, 2.45) is 0 Å². The van der Waals surface area contributed by atoms with Crippen LogP contribution in [-0.4, -0.2) is 23.2 Å². The van der Waals surface area contributed by atoms with Crippen LogP contribution in [0.5, 0.6) is 34.5 Å². The number of ether oxygens (including phenoxy) is 6. The molecule has 80 heavy (non-hydrogen) atoms. The maximum Gasteiger partial charge on any atom is 0.123 e. The molecule has 0 fully saturated rings. The molecule has 8 nitrogen and oxygen atoms in total. The van der Waals surface area contributed by atoms with Gasteiger partial charge in [0.1, 0.15) is 60.9 Å². The van der Waals surface area contributed by atoms with Crippen molar-refractivity contribution >= 4 is 0 Å². The fourth-order valence-corrected chi connectivity index (χ4v) is 10.1. The van der Waals surface area contributed by atoms with Crippen molar-refractivity contribution in [1.29, 1.82) is 0 Å². The van der Waals surface area contributed by atoms with Crippen LogP contribution in [0.25, 0.3) is 11.4 Å². The summed E-state index contributed by atoms with van der Waals surface area (Å²) in [5.41, 5.74) is 10.1. The summed E-state index contributed by atoms with van der Waals surface area (Å²) in [5.74, 6) is 4.79. The molecule has 0 N–H and O–H groups in total. The number of pyridine rings is 2. The molecule has 0 atom stereocenters. The van der Waals surface area contributed by atoms with Gasteiger partial charge in [0, 0.05) is 35.4 Å². The van der Waals surface area contributed by atoms with E-state index < -0.39 is 0 Å². The summed E-state index contributed by atoms with van der Waals surface area (Å²) in [6.45, 7) is 7.70. The molecule has 2 heterocycles. The van der Waals surface area contributed by atoms with Gasteiger partial charge in [-0.25, -0.2) is 0 Å². The predicted molar refractivity (Wildman–Crippen MR) is 319 cm³/mol. The van der Waals surface area contributed by atoms with E-state index in [1.165, 1.54) is 22.3 Å². The first kappa shape index (κ1) is 54.2. The third kappa shape index (κ3) is 14.7. The Morgan fingerprint density at radius 3 is 0.812 bits per heavy atom. The maximum atomic E-state index is 6.46. The number of aromatic nitrogens is 2. The Morgan fingerprint density at radius 1 is 0.287 bits per heavy atom. The summed E-state index contributed by atoms with van der Waals surface area (Å²) in [4.78, 5) is 9.40. The topological polar surface area (TPSA) is 81.2 Å². The van der Waals surface area contributed by atoms with Gasteiger partial charge in [0.15, 0.2) is 0 Å². The second-order valence-corrected chi connectivity index (χ2v) is 20.5. The van der Waals surface area contributed by atoms with Crippen molar-refractivity contribution in [3.8, 4) is 45.9 Å². The van der Waals surface area contributed by atoms with Gasteiger partial charge in [-0.15, -0.1) is 0 Å². The van der Waals surface area contributed by atoms with Crippen LogP contribution in [0.1, 0.15) is 84.0 Å². The average Bonchev–Trinajstić information content (AvgIpc) is 3.54. The summed E-state index contributed by atoms with van der Waals surface area (Å²) in [6, 6.07) is 82.7. The largest absolute Gasteiger partial charge is 0.493 e. The average molecular weight is 1060 g/mol. The monoisotopic (exact) mass is 1060 g/mol. The minimum absolute atomic E-state index is 0.320. The number of nitrogens with zero attached hydrogens (tertiary/aromatic N) is 2. The van der Waals surface area contributed by atoms with Crippen LogP contribution < -0.4 is 28.4 Å². The van der Waals surface area contributed by atoms with E-state index in [0.717, 1.165) is 82.4 Å². The second-order valence-electron chi connectivity index (χ2n) is 20.5. The van der Waals surface area contributed by atoms with Gasteiger partial charge < -0.3 is 28.4 Å². The van der Waals surface area contributed by atoms with E-state index in [-0.39, 0.29) is 10.8 Å². The molecule has 8 aromatic carbocycles. The zero-order valence-corrected chi connectivity index (χ0v) is 45.7. The minimum Gasteiger partial charge on any atom is -0.493 e. The summed E-state index contributed by atoms with van der Waals surface area (Å²) in [6.07, 6.45) is 6.83. The van der Waals surface area contributed by atoms with Gasteiger partial charge in [-0.3, -0.25) is 9.97 Å². The van der Waals surface area contributed by atoms with Crippen molar-refractivity contribution in [2.45, 2.75) is 76.8 Å². The molecular weight excluding hydrogens is 989 g/mol. The van der Waals surface area contributed by atoms with Gasteiger partial charge in [-0.1, -0.05) is 184 Å². The second kappa shape index (κ2) is 27.0. The number of hydrogen-bond acceptors (Lipinski definition) is 8. The van der Waals surface area contributed by atoms with Crippen LogP contribution in [-0.2, 0) is 37.3 Å². The third-order valence-electron chi connectivity index (χ3n) is 14.9. The highest BCUT2D eigenvalue weighted by Crippen LogP contribution is 2.40. The highest BCUT2D eigenvalue weighted by molar-refractivity contribution is 5.58. The summed E-state index contributed by atoms with van der Waals surface area (Å²) in [5, 5.41) is 0. The highest BCUT2D eigenvalue weighted by atomic mass is 16.5. The molecule has 402 valence electrons. The Morgan fingerprint density at radius 2 is 0.550 bits per heavy atom. The van der Waals surface area contributed by atoms with E-state index in [4.69, 9.17) is 38.4 Å². The van der Waals surface area contributed by atoms with E-state index >= 15 is 0 Å². The number of hydrogen-bond donors (Lipinski definition) is 0. The molecule has 0 spiro atoms. The Kier molecular flexibility index (Phi) is 18.3. The molecule has 0 bridgehead atoms.